The van der Waals surface area contributed by atoms with Crippen molar-refractivity contribution in [1.29, 1.82) is 0 Å². The molecule has 14 heavy (non-hydrogen) atoms. The summed E-state index contributed by atoms with van der Waals surface area (Å²) in [6.07, 6.45) is 2.25. The molecule has 0 aliphatic carbocycles. The zero-order valence-electron chi connectivity index (χ0n) is 8.36. The molecular formula is C12H15NO. The molecule has 0 saturated heterocycles. The molecule has 0 aromatic heterocycles. The molecule has 1 aromatic rings. The quantitative estimate of drug-likeness (QED) is 0.781. The highest BCUT2D eigenvalue weighted by Crippen LogP contribution is 2.18. The van der Waals surface area contributed by atoms with E-state index in [1.807, 2.05) is 6.07 Å². The van der Waals surface area contributed by atoms with Crippen LogP contribution >= 0.6 is 0 Å². The van der Waals surface area contributed by atoms with Crippen LogP contribution < -0.4 is 5.32 Å². The molecule has 74 valence electrons. The van der Waals surface area contributed by atoms with E-state index in [2.05, 4.69) is 35.7 Å². The fraction of sp³-hybridized carbons (Fsp3) is 0.333. The van der Waals surface area contributed by atoms with E-state index in [0.29, 0.717) is 6.04 Å². The van der Waals surface area contributed by atoms with Crippen LogP contribution in [0.5, 0.6) is 0 Å². The van der Waals surface area contributed by atoms with Crippen molar-refractivity contribution in [2.24, 2.45) is 0 Å². The third-order valence-electron chi connectivity index (χ3n) is 2.45. The molecule has 2 nitrogen and oxygen atoms in total. The molecule has 1 aliphatic rings. The summed E-state index contributed by atoms with van der Waals surface area (Å²) in [6, 6.07) is 10.8. The summed E-state index contributed by atoms with van der Waals surface area (Å²) in [5.41, 5.74) is 2.67. The summed E-state index contributed by atoms with van der Waals surface area (Å²) in [5.74, 6) is 0. The van der Waals surface area contributed by atoms with Crippen molar-refractivity contribution in [3.63, 3.8) is 0 Å². The monoisotopic (exact) mass is 189 g/mol. The Bertz CT molecular complexity index is 318. The van der Waals surface area contributed by atoms with E-state index in [4.69, 9.17) is 4.74 Å². The first-order valence-corrected chi connectivity index (χ1v) is 4.88. The highest BCUT2D eigenvalue weighted by Gasteiger charge is 2.14. The molecule has 0 radical (unpaired) electrons. The Kier molecular flexibility index (Phi) is 2.96. The van der Waals surface area contributed by atoms with Crippen molar-refractivity contribution in [2.75, 3.05) is 20.3 Å². The molecule has 1 N–H and O–H groups in total. The van der Waals surface area contributed by atoms with Gasteiger partial charge in [-0.2, -0.15) is 0 Å². The molecule has 0 fully saturated rings. The van der Waals surface area contributed by atoms with E-state index in [0.717, 1.165) is 13.2 Å². The first-order valence-electron chi connectivity index (χ1n) is 4.88. The molecule has 0 bridgehead atoms. The van der Waals surface area contributed by atoms with E-state index < -0.39 is 0 Å². The van der Waals surface area contributed by atoms with Gasteiger partial charge < -0.3 is 10.1 Å². The molecule has 2 heteroatoms. The van der Waals surface area contributed by atoms with Crippen molar-refractivity contribution < 1.29 is 4.74 Å². The molecule has 1 atom stereocenters. The first kappa shape index (κ1) is 9.44. The topological polar surface area (TPSA) is 21.3 Å². The molecule has 0 spiro atoms. The van der Waals surface area contributed by atoms with Crippen LogP contribution in [0, 0.1) is 0 Å². The second kappa shape index (κ2) is 4.40. The maximum Gasteiger partial charge on any atom is 0.0652 e. The molecule has 1 aromatic carbocycles. The van der Waals surface area contributed by atoms with E-state index in [9.17, 15) is 0 Å². The number of hydrogen-bond acceptors (Lipinski definition) is 2. The van der Waals surface area contributed by atoms with Crippen molar-refractivity contribution in [3.05, 3.63) is 42.0 Å². The normalized spacial score (nSPS) is 20.9. The molecule has 2 rings (SSSR count). The Balaban J connectivity index is 2.10. The second-order valence-corrected chi connectivity index (χ2v) is 3.50. The lowest BCUT2D eigenvalue weighted by molar-refractivity contribution is 0.184. The lowest BCUT2D eigenvalue weighted by Crippen LogP contribution is -2.26. The Morgan fingerprint density at radius 3 is 2.86 bits per heavy atom. The van der Waals surface area contributed by atoms with Crippen LogP contribution in [-0.4, -0.2) is 26.3 Å². The standard InChI is InChI=1S/C12H15NO/c1-14-9-12-7-11(8-13-12)10-5-3-2-4-6-10/h2-7,12-13H,8-9H2,1H3/t12-/m0/s1. The number of methoxy groups -OCH3 is 1. The molecule has 0 amide bonds. The second-order valence-electron chi connectivity index (χ2n) is 3.50. The number of benzene rings is 1. The van der Waals surface area contributed by atoms with Gasteiger partial charge in [0.05, 0.1) is 6.61 Å². The van der Waals surface area contributed by atoms with E-state index >= 15 is 0 Å². The fourth-order valence-electron chi connectivity index (χ4n) is 1.74. The van der Waals surface area contributed by atoms with Crippen LogP contribution in [0.3, 0.4) is 0 Å². The maximum atomic E-state index is 5.10. The SMILES string of the molecule is COC[C@@H]1C=C(c2ccccc2)CN1. The van der Waals surface area contributed by atoms with Crippen molar-refractivity contribution >= 4 is 5.57 Å². The maximum absolute atomic E-state index is 5.10. The largest absolute Gasteiger partial charge is 0.383 e. The summed E-state index contributed by atoms with van der Waals surface area (Å²) in [7, 11) is 1.73. The number of rotatable bonds is 3. The minimum atomic E-state index is 0.371. The molecule has 0 unspecified atom stereocenters. The van der Waals surface area contributed by atoms with Gasteiger partial charge in [0.15, 0.2) is 0 Å². The minimum Gasteiger partial charge on any atom is -0.383 e. The van der Waals surface area contributed by atoms with Gasteiger partial charge in [0.1, 0.15) is 0 Å². The number of hydrogen-bond donors (Lipinski definition) is 1. The molecule has 1 heterocycles. The van der Waals surface area contributed by atoms with Gasteiger partial charge in [0.2, 0.25) is 0 Å². The van der Waals surface area contributed by atoms with Crippen LogP contribution in [0.2, 0.25) is 0 Å². The summed E-state index contributed by atoms with van der Waals surface area (Å²) >= 11 is 0. The molecule has 1 aliphatic heterocycles. The predicted molar refractivity (Wildman–Crippen MR) is 58.1 cm³/mol. The fourth-order valence-corrected chi connectivity index (χ4v) is 1.74. The van der Waals surface area contributed by atoms with Crippen LogP contribution in [-0.2, 0) is 4.74 Å². The first-order chi connectivity index (χ1) is 6.90. The van der Waals surface area contributed by atoms with E-state index in [1.54, 1.807) is 7.11 Å². The summed E-state index contributed by atoms with van der Waals surface area (Å²) < 4.78 is 5.10. The van der Waals surface area contributed by atoms with Gasteiger partial charge in [-0.3, -0.25) is 0 Å². The van der Waals surface area contributed by atoms with Crippen LogP contribution in [0.25, 0.3) is 5.57 Å². The third-order valence-corrected chi connectivity index (χ3v) is 2.45. The summed E-state index contributed by atoms with van der Waals surface area (Å²) in [4.78, 5) is 0. The highest BCUT2D eigenvalue weighted by atomic mass is 16.5. The van der Waals surface area contributed by atoms with Gasteiger partial charge in [-0.25, -0.2) is 0 Å². The highest BCUT2D eigenvalue weighted by molar-refractivity contribution is 5.69. The summed E-state index contributed by atoms with van der Waals surface area (Å²) in [5, 5.41) is 3.39. The number of nitrogens with one attached hydrogen (secondary N) is 1. The molecule has 0 saturated carbocycles. The Hall–Kier alpha value is -1.12. The van der Waals surface area contributed by atoms with Gasteiger partial charge in [0.25, 0.3) is 0 Å². The minimum absolute atomic E-state index is 0.371. The molecular weight excluding hydrogens is 174 g/mol. The van der Waals surface area contributed by atoms with Crippen LogP contribution in [0.1, 0.15) is 5.56 Å². The van der Waals surface area contributed by atoms with E-state index in [-0.39, 0.29) is 0 Å². The van der Waals surface area contributed by atoms with Gasteiger partial charge in [-0.1, -0.05) is 36.4 Å². The van der Waals surface area contributed by atoms with Crippen LogP contribution in [0.4, 0.5) is 0 Å². The Morgan fingerprint density at radius 1 is 1.36 bits per heavy atom. The summed E-state index contributed by atoms with van der Waals surface area (Å²) in [6.45, 7) is 1.69. The van der Waals surface area contributed by atoms with E-state index in [1.165, 1.54) is 11.1 Å². The predicted octanol–water partition coefficient (Wildman–Crippen LogP) is 1.69. The van der Waals surface area contributed by atoms with Crippen molar-refractivity contribution in [1.82, 2.24) is 5.32 Å². The third kappa shape index (κ3) is 2.03. The zero-order valence-corrected chi connectivity index (χ0v) is 8.36. The Morgan fingerprint density at radius 2 is 2.14 bits per heavy atom. The average molecular weight is 189 g/mol. The lowest BCUT2D eigenvalue weighted by Gasteiger charge is -2.04. The van der Waals surface area contributed by atoms with Gasteiger partial charge >= 0.3 is 0 Å². The zero-order chi connectivity index (χ0) is 9.80. The van der Waals surface area contributed by atoms with Gasteiger partial charge in [-0.05, 0) is 11.1 Å². The smallest absolute Gasteiger partial charge is 0.0652 e. The average Bonchev–Trinajstić information content (AvgIpc) is 2.68. The van der Waals surface area contributed by atoms with Crippen molar-refractivity contribution in [3.8, 4) is 0 Å². The van der Waals surface area contributed by atoms with Crippen molar-refractivity contribution in [2.45, 2.75) is 6.04 Å². The van der Waals surface area contributed by atoms with Crippen LogP contribution in [0.15, 0.2) is 36.4 Å². The number of ether oxygens (including phenoxy) is 1. The Labute approximate surface area is 84.6 Å². The van der Waals surface area contributed by atoms with Gasteiger partial charge in [-0.15, -0.1) is 0 Å². The lowest BCUT2D eigenvalue weighted by atomic mass is 10.1. The van der Waals surface area contributed by atoms with Gasteiger partial charge in [0, 0.05) is 19.7 Å².